The first kappa shape index (κ1) is 47.7. The van der Waals surface area contributed by atoms with E-state index in [1.807, 2.05) is 0 Å². The lowest BCUT2D eigenvalue weighted by Gasteiger charge is -2.11. The summed E-state index contributed by atoms with van der Waals surface area (Å²) >= 11 is 0. The summed E-state index contributed by atoms with van der Waals surface area (Å²) in [5.74, 6) is -0.384. The Labute approximate surface area is 325 Å². The van der Waals surface area contributed by atoms with Crippen molar-refractivity contribution in [2.45, 2.75) is 135 Å². The molecule has 55 heavy (non-hydrogen) atoms. The van der Waals surface area contributed by atoms with Crippen molar-refractivity contribution >= 4 is 24.1 Å². The molecule has 0 N–H and O–H groups in total. The predicted octanol–water partition coefficient (Wildman–Crippen LogP) is 8.54. The van der Waals surface area contributed by atoms with Gasteiger partial charge in [-0.25, -0.2) is 19.2 Å². The third-order valence-electron chi connectivity index (χ3n) is 8.55. The normalized spacial score (nSPS) is 11.1. The number of methoxy groups -OCH3 is 1. The van der Waals surface area contributed by atoms with E-state index in [1.54, 1.807) is 61.0 Å². The molecule has 2 aromatic rings. The Bertz CT molecular complexity index is 1510. The Morgan fingerprint density at radius 3 is 1.29 bits per heavy atom. The van der Waals surface area contributed by atoms with Crippen LogP contribution in [0.15, 0.2) is 58.5 Å². The number of nitriles is 2. The Hall–Kier alpha value is -5.32. The molecule has 0 saturated carbocycles. The molecule has 0 bridgehead atoms. The summed E-state index contributed by atoms with van der Waals surface area (Å²) in [4.78, 5) is 52.0. The second-order valence-corrected chi connectivity index (χ2v) is 12.9. The van der Waals surface area contributed by atoms with Crippen LogP contribution < -0.4 is 9.47 Å². The maximum Gasteiger partial charge on any atom is 0.334 e. The van der Waals surface area contributed by atoms with E-state index in [9.17, 15) is 19.2 Å². The number of hydrogen-bond acceptors (Lipinski definition) is 13. The molecule has 2 aromatic carbocycles. The summed E-state index contributed by atoms with van der Waals surface area (Å²) in [6.45, 7) is 2.40. The van der Waals surface area contributed by atoms with E-state index < -0.39 is 24.0 Å². The number of carbonyl (C=O) groups is 2. The summed E-state index contributed by atoms with van der Waals surface area (Å²) in [6, 6.07) is 11.3. The van der Waals surface area contributed by atoms with Gasteiger partial charge in [0.05, 0.1) is 6.61 Å². The van der Waals surface area contributed by atoms with Crippen LogP contribution in [0, 0.1) is 23.0 Å². The number of benzene rings is 2. The van der Waals surface area contributed by atoms with Crippen LogP contribution >= 0.6 is 0 Å². The van der Waals surface area contributed by atoms with Gasteiger partial charge in [-0.1, -0.05) is 128 Å². The first-order valence-electron chi connectivity index (χ1n) is 19.2. The van der Waals surface area contributed by atoms with Crippen molar-refractivity contribution in [1.29, 1.82) is 10.5 Å². The van der Waals surface area contributed by atoms with E-state index in [4.69, 9.17) is 24.7 Å². The molecular weight excluding hydrogens is 704 g/mol. The van der Waals surface area contributed by atoms with Gasteiger partial charge < -0.3 is 23.7 Å². The molecule has 0 aromatic heterocycles. The molecule has 0 fully saturated rings. The molecule has 0 saturated heterocycles. The highest BCUT2D eigenvalue weighted by Gasteiger charge is 2.21. The number of isocyanates is 2. The van der Waals surface area contributed by atoms with E-state index in [-0.39, 0.29) is 19.6 Å². The molecule has 0 spiro atoms. The van der Waals surface area contributed by atoms with Crippen molar-refractivity contribution in [3.63, 3.8) is 0 Å². The quantitative estimate of drug-likeness (QED) is 0.0193. The molecule has 2 unspecified atom stereocenters. The van der Waals surface area contributed by atoms with Crippen LogP contribution in [-0.4, -0.2) is 56.7 Å². The average Bonchev–Trinajstić information content (AvgIpc) is 3.19. The van der Waals surface area contributed by atoms with Gasteiger partial charge >= 0.3 is 11.9 Å². The fraction of sp³-hybridized carbons (Fsp3) is 0.571. The van der Waals surface area contributed by atoms with Gasteiger partial charge in [-0.05, 0) is 41.8 Å². The SMILES string of the molecule is CCCCCCCCCCCCCCCCCCOC(=O)C(Cc1ccc(OC#N)cc1)N=C=O.COCOC(=O)C(Cc1ccc(OC#N)cc1)N=C=O. The Morgan fingerprint density at radius 1 is 0.582 bits per heavy atom. The number of carbonyl (C=O) groups excluding carboxylic acids is 4. The Balaban J connectivity index is 0.000000638. The Morgan fingerprint density at radius 2 is 0.945 bits per heavy atom. The van der Waals surface area contributed by atoms with Gasteiger partial charge in [0.1, 0.15) is 11.5 Å². The van der Waals surface area contributed by atoms with Crippen LogP contribution in [0.4, 0.5) is 0 Å². The molecule has 13 heteroatoms. The predicted molar refractivity (Wildman–Crippen MR) is 205 cm³/mol. The molecular formula is C42H56N4O9. The minimum absolute atomic E-state index is 0.171. The highest BCUT2D eigenvalue weighted by atomic mass is 16.7. The summed E-state index contributed by atoms with van der Waals surface area (Å²) in [6.07, 6.45) is 27.1. The van der Waals surface area contributed by atoms with Crippen molar-refractivity contribution in [3.8, 4) is 24.0 Å². The van der Waals surface area contributed by atoms with Crippen molar-refractivity contribution in [2.75, 3.05) is 20.5 Å². The van der Waals surface area contributed by atoms with Gasteiger partial charge in [0.2, 0.25) is 12.2 Å². The van der Waals surface area contributed by atoms with Crippen molar-refractivity contribution in [1.82, 2.24) is 0 Å². The number of ether oxygens (including phenoxy) is 5. The fourth-order valence-corrected chi connectivity index (χ4v) is 5.56. The molecule has 298 valence electrons. The minimum atomic E-state index is -0.981. The molecule has 2 atom stereocenters. The summed E-state index contributed by atoms with van der Waals surface area (Å²) in [5.41, 5.74) is 1.52. The smallest absolute Gasteiger partial charge is 0.334 e. The third-order valence-corrected chi connectivity index (χ3v) is 8.55. The zero-order chi connectivity index (χ0) is 40.2. The number of nitrogens with zero attached hydrogens (tertiary/aromatic N) is 4. The zero-order valence-electron chi connectivity index (χ0n) is 32.4. The lowest BCUT2D eigenvalue weighted by molar-refractivity contribution is -0.155. The van der Waals surface area contributed by atoms with Crippen LogP contribution in [0.5, 0.6) is 11.5 Å². The molecule has 0 aliphatic rings. The summed E-state index contributed by atoms with van der Waals surface area (Å²) in [5, 5.41) is 16.9. The van der Waals surface area contributed by atoms with Crippen LogP contribution in [0.2, 0.25) is 0 Å². The maximum absolute atomic E-state index is 12.3. The molecule has 0 aliphatic carbocycles. The van der Waals surface area contributed by atoms with Gasteiger partial charge in [0.15, 0.2) is 18.9 Å². The number of unbranched alkanes of at least 4 members (excludes halogenated alkanes) is 15. The second kappa shape index (κ2) is 33.3. The molecule has 2 rings (SSSR count). The standard InChI is InChI=1S/C29H44N2O4.C13H12N2O5/c1-2-3-4-5-6-7-8-9-10-11-12-13-14-15-16-17-22-34-29(33)28(31-25-32)23-26-18-20-27(21-19-26)35-24-30;1-18-9-20-13(17)12(15-8-16)6-10-2-4-11(5-3-10)19-7-14/h18-21,28H,2-17,22-23H2,1H3;2-5,12H,6,9H2,1H3. The van der Waals surface area contributed by atoms with Crippen LogP contribution in [0.1, 0.15) is 121 Å². The first-order valence-corrected chi connectivity index (χ1v) is 19.2. The summed E-state index contributed by atoms with van der Waals surface area (Å²) in [7, 11) is 1.37. The monoisotopic (exact) mass is 760 g/mol. The largest absolute Gasteiger partial charge is 0.464 e. The van der Waals surface area contributed by atoms with Gasteiger partial charge in [0, 0.05) is 20.0 Å². The van der Waals surface area contributed by atoms with E-state index in [0.717, 1.165) is 30.4 Å². The highest BCUT2D eigenvalue weighted by Crippen LogP contribution is 2.17. The lowest BCUT2D eigenvalue weighted by Crippen LogP contribution is -2.24. The zero-order valence-corrected chi connectivity index (χ0v) is 32.4. The Kier molecular flexibility index (Phi) is 28.8. The van der Waals surface area contributed by atoms with Gasteiger partial charge in [-0.15, -0.1) is 10.5 Å². The van der Waals surface area contributed by atoms with E-state index >= 15 is 0 Å². The molecule has 0 amide bonds. The van der Waals surface area contributed by atoms with E-state index in [0.29, 0.717) is 18.1 Å². The minimum Gasteiger partial charge on any atom is -0.464 e. The molecule has 0 radical (unpaired) electrons. The van der Waals surface area contributed by atoms with Crippen molar-refractivity contribution in [2.24, 2.45) is 9.98 Å². The van der Waals surface area contributed by atoms with Crippen LogP contribution in [-0.2, 0) is 46.2 Å². The number of aliphatic imine (C=N–C) groups is 2. The number of hydrogen-bond donors (Lipinski definition) is 0. The molecule has 0 heterocycles. The fourth-order valence-electron chi connectivity index (χ4n) is 5.56. The topological polar surface area (TPSA) is 187 Å². The van der Waals surface area contributed by atoms with Crippen molar-refractivity contribution in [3.05, 3.63) is 59.7 Å². The second-order valence-electron chi connectivity index (χ2n) is 12.9. The van der Waals surface area contributed by atoms with Gasteiger partial charge in [0.25, 0.3) is 12.5 Å². The average molecular weight is 761 g/mol. The van der Waals surface area contributed by atoms with Gasteiger partial charge in [-0.3, -0.25) is 0 Å². The highest BCUT2D eigenvalue weighted by molar-refractivity contribution is 5.77. The number of esters is 2. The maximum atomic E-state index is 12.3. The summed E-state index contributed by atoms with van der Waals surface area (Å²) < 4.78 is 24.0. The number of rotatable bonds is 29. The molecule has 0 aliphatic heterocycles. The lowest BCUT2D eigenvalue weighted by atomic mass is 10.0. The third kappa shape index (κ3) is 24.6. The van der Waals surface area contributed by atoms with E-state index in [1.165, 1.54) is 103 Å². The van der Waals surface area contributed by atoms with E-state index in [2.05, 4.69) is 26.4 Å². The molecule has 13 nitrogen and oxygen atoms in total. The van der Waals surface area contributed by atoms with Crippen molar-refractivity contribution < 1.29 is 42.9 Å². The van der Waals surface area contributed by atoms with Crippen LogP contribution in [0.25, 0.3) is 0 Å². The van der Waals surface area contributed by atoms with Gasteiger partial charge in [-0.2, -0.15) is 9.98 Å². The van der Waals surface area contributed by atoms with Crippen LogP contribution in [0.3, 0.4) is 0 Å². The first-order chi connectivity index (χ1) is 26.9.